The Bertz CT molecular complexity index is 1400. The topological polar surface area (TPSA) is 69.9 Å². The van der Waals surface area contributed by atoms with Crippen LogP contribution in [-0.2, 0) is 9.53 Å². The summed E-state index contributed by atoms with van der Waals surface area (Å²) in [6.07, 6.45) is 1.79. The Balaban J connectivity index is 1.97. The van der Waals surface area contributed by atoms with Gasteiger partial charge in [-0.2, -0.15) is 0 Å². The number of rotatable bonds is 5. The summed E-state index contributed by atoms with van der Waals surface area (Å²) >= 11 is 7.77. The number of nitrogens with zero attached hydrogens (tertiary/aromatic N) is 2. The number of esters is 1. The van der Waals surface area contributed by atoms with Gasteiger partial charge in [0, 0.05) is 5.02 Å². The number of hydrogen-bond donors (Lipinski definition) is 0. The highest BCUT2D eigenvalue weighted by Crippen LogP contribution is 2.34. The van der Waals surface area contributed by atoms with Crippen molar-refractivity contribution in [2.45, 2.75) is 19.9 Å². The van der Waals surface area contributed by atoms with Crippen LogP contribution in [0.3, 0.4) is 0 Å². The van der Waals surface area contributed by atoms with Crippen molar-refractivity contribution in [2.75, 3.05) is 13.7 Å². The number of allylic oxidation sites excluding steroid dienone is 1. The second-order valence-corrected chi connectivity index (χ2v) is 8.52. The van der Waals surface area contributed by atoms with Gasteiger partial charge in [-0.15, -0.1) is 0 Å². The van der Waals surface area contributed by atoms with E-state index in [1.807, 2.05) is 36.4 Å². The van der Waals surface area contributed by atoms with Gasteiger partial charge < -0.3 is 9.47 Å². The Morgan fingerprint density at radius 1 is 1.25 bits per heavy atom. The number of methoxy groups -OCH3 is 1. The lowest BCUT2D eigenvalue weighted by atomic mass is 9.96. The molecule has 1 aromatic heterocycles. The zero-order valence-corrected chi connectivity index (χ0v) is 19.4. The Hall–Kier alpha value is -3.16. The highest BCUT2D eigenvalue weighted by molar-refractivity contribution is 7.07. The summed E-state index contributed by atoms with van der Waals surface area (Å²) < 4.78 is 12.6. The Kier molecular flexibility index (Phi) is 6.30. The number of thiazole rings is 1. The minimum atomic E-state index is -0.730. The van der Waals surface area contributed by atoms with Crippen molar-refractivity contribution in [3.8, 4) is 5.75 Å². The smallest absolute Gasteiger partial charge is 0.338 e. The fourth-order valence-electron chi connectivity index (χ4n) is 3.67. The van der Waals surface area contributed by atoms with Gasteiger partial charge in [0.1, 0.15) is 11.8 Å². The van der Waals surface area contributed by atoms with Crippen LogP contribution in [0.2, 0.25) is 5.02 Å². The highest BCUT2D eigenvalue weighted by Gasteiger charge is 2.34. The molecule has 0 saturated heterocycles. The normalized spacial score (nSPS) is 15.9. The molecule has 2 aromatic carbocycles. The molecular weight excluding hydrogens is 448 g/mol. The Labute approximate surface area is 193 Å². The van der Waals surface area contributed by atoms with Crippen LogP contribution in [0.25, 0.3) is 6.08 Å². The molecule has 1 aliphatic heterocycles. The Morgan fingerprint density at radius 3 is 2.75 bits per heavy atom. The second kappa shape index (κ2) is 9.14. The largest absolute Gasteiger partial charge is 0.497 e. The van der Waals surface area contributed by atoms with E-state index in [1.54, 1.807) is 39.2 Å². The molecule has 0 fully saturated rings. The van der Waals surface area contributed by atoms with Gasteiger partial charge in [-0.1, -0.05) is 53.3 Å². The lowest BCUT2D eigenvalue weighted by Gasteiger charge is -2.25. The fraction of sp³-hybridized carbons (Fsp3) is 0.208. The van der Waals surface area contributed by atoms with Gasteiger partial charge in [0.15, 0.2) is 4.80 Å². The van der Waals surface area contributed by atoms with Gasteiger partial charge in [-0.3, -0.25) is 9.36 Å². The summed E-state index contributed by atoms with van der Waals surface area (Å²) in [5.41, 5.74) is 2.02. The molecule has 2 heterocycles. The van der Waals surface area contributed by atoms with Crippen molar-refractivity contribution in [1.82, 2.24) is 4.57 Å². The molecule has 1 aliphatic rings. The first-order chi connectivity index (χ1) is 15.4. The zero-order valence-electron chi connectivity index (χ0n) is 17.8. The van der Waals surface area contributed by atoms with Crippen LogP contribution in [0.1, 0.15) is 31.0 Å². The van der Waals surface area contributed by atoms with Crippen molar-refractivity contribution in [3.63, 3.8) is 0 Å². The molecule has 6 nitrogen and oxygen atoms in total. The van der Waals surface area contributed by atoms with Gasteiger partial charge in [0.05, 0.1) is 29.5 Å². The van der Waals surface area contributed by atoms with Crippen molar-refractivity contribution < 1.29 is 14.3 Å². The van der Waals surface area contributed by atoms with Gasteiger partial charge >= 0.3 is 5.97 Å². The minimum Gasteiger partial charge on any atom is -0.497 e. The summed E-state index contributed by atoms with van der Waals surface area (Å²) in [4.78, 5) is 31.5. The van der Waals surface area contributed by atoms with E-state index >= 15 is 0 Å². The van der Waals surface area contributed by atoms with Crippen molar-refractivity contribution in [1.29, 1.82) is 0 Å². The van der Waals surface area contributed by atoms with Gasteiger partial charge in [-0.05, 0) is 49.2 Å². The molecule has 8 heteroatoms. The number of benzene rings is 2. The van der Waals surface area contributed by atoms with E-state index in [0.29, 0.717) is 36.9 Å². The van der Waals surface area contributed by atoms with E-state index < -0.39 is 12.0 Å². The van der Waals surface area contributed by atoms with Crippen molar-refractivity contribution in [2.24, 2.45) is 4.99 Å². The number of ether oxygens (including phenoxy) is 2. The molecule has 0 radical (unpaired) electrons. The lowest BCUT2D eigenvalue weighted by Crippen LogP contribution is -2.40. The minimum absolute atomic E-state index is 0.213. The van der Waals surface area contributed by atoms with Gasteiger partial charge in [-0.25, -0.2) is 9.79 Å². The highest BCUT2D eigenvalue weighted by atomic mass is 35.5. The van der Waals surface area contributed by atoms with Gasteiger partial charge in [0.25, 0.3) is 5.56 Å². The molecule has 0 unspecified atom stereocenters. The molecule has 0 N–H and O–H groups in total. The number of hydrogen-bond acceptors (Lipinski definition) is 6. The number of halogens is 1. The third-order valence-corrected chi connectivity index (χ3v) is 6.44. The molecule has 32 heavy (non-hydrogen) atoms. The summed E-state index contributed by atoms with van der Waals surface area (Å²) in [5.74, 6) is 0.182. The standard InChI is InChI=1S/C24H21ClN2O4S/c1-4-31-23(29)20-14(2)26-24-27(21(20)17-10-5-6-11-18(17)25)22(28)19(32-24)13-15-8-7-9-16(12-15)30-3/h5-13,21H,4H2,1-3H3/b19-13-/t21-/m0/s1. The average Bonchev–Trinajstić information content (AvgIpc) is 3.08. The van der Waals surface area contributed by atoms with Crippen molar-refractivity contribution in [3.05, 3.63) is 95.6 Å². The first-order valence-electron chi connectivity index (χ1n) is 10.0. The quantitative estimate of drug-likeness (QED) is 0.538. The van der Waals surface area contributed by atoms with Crippen molar-refractivity contribution >= 4 is 35.0 Å². The number of aromatic nitrogens is 1. The first-order valence-corrected chi connectivity index (χ1v) is 11.2. The van der Waals surface area contributed by atoms with Crippen LogP contribution in [-0.4, -0.2) is 24.3 Å². The first kappa shape index (κ1) is 22.0. The fourth-order valence-corrected chi connectivity index (χ4v) is 4.95. The molecular formula is C24H21ClN2O4S. The molecule has 0 bridgehead atoms. The monoisotopic (exact) mass is 468 g/mol. The zero-order chi connectivity index (χ0) is 22.8. The van der Waals surface area contributed by atoms with Crippen LogP contribution in [0, 0.1) is 0 Å². The molecule has 0 aliphatic carbocycles. The SMILES string of the molecule is CCOC(=O)C1=C(C)N=c2s/c(=C\c3cccc(OC)c3)c(=O)n2[C@H]1c1ccccc1Cl. The molecule has 0 saturated carbocycles. The maximum absolute atomic E-state index is 13.5. The third-order valence-electron chi connectivity index (χ3n) is 5.11. The van der Waals surface area contributed by atoms with Gasteiger partial charge in [0.2, 0.25) is 0 Å². The van der Waals surface area contributed by atoms with E-state index in [-0.39, 0.29) is 12.2 Å². The predicted molar refractivity (Wildman–Crippen MR) is 125 cm³/mol. The summed E-state index contributed by atoms with van der Waals surface area (Å²) in [6.45, 7) is 3.70. The third kappa shape index (κ3) is 4.01. The number of carbonyl (C=O) groups excluding carboxylic acids is 1. The van der Waals surface area contributed by atoms with E-state index in [4.69, 9.17) is 21.1 Å². The lowest BCUT2D eigenvalue weighted by molar-refractivity contribution is -0.139. The van der Waals surface area contributed by atoms with Crippen LogP contribution in [0.15, 0.2) is 69.6 Å². The Morgan fingerprint density at radius 2 is 2.03 bits per heavy atom. The van der Waals surface area contributed by atoms with E-state index in [0.717, 1.165) is 5.56 Å². The maximum atomic E-state index is 13.5. The molecule has 0 spiro atoms. The second-order valence-electron chi connectivity index (χ2n) is 7.10. The van der Waals surface area contributed by atoms with E-state index in [2.05, 4.69) is 4.99 Å². The predicted octanol–water partition coefficient (Wildman–Crippen LogP) is 3.46. The van der Waals surface area contributed by atoms with Crippen LogP contribution >= 0.6 is 22.9 Å². The molecule has 1 atom stereocenters. The molecule has 4 rings (SSSR count). The molecule has 0 amide bonds. The van der Waals surface area contributed by atoms with Crippen LogP contribution in [0.5, 0.6) is 5.75 Å². The molecule has 164 valence electrons. The van der Waals surface area contributed by atoms with Crippen LogP contribution < -0.4 is 19.6 Å². The summed E-state index contributed by atoms with van der Waals surface area (Å²) in [7, 11) is 1.59. The van der Waals surface area contributed by atoms with E-state index in [9.17, 15) is 9.59 Å². The maximum Gasteiger partial charge on any atom is 0.338 e. The number of fused-ring (bicyclic) bond motifs is 1. The summed E-state index contributed by atoms with van der Waals surface area (Å²) in [6, 6.07) is 13.9. The van der Waals surface area contributed by atoms with Crippen LogP contribution in [0.4, 0.5) is 0 Å². The molecule has 3 aromatic rings. The summed E-state index contributed by atoms with van der Waals surface area (Å²) in [5, 5.41) is 0.455. The average molecular weight is 469 g/mol. The van der Waals surface area contributed by atoms with E-state index in [1.165, 1.54) is 15.9 Å². The number of carbonyl (C=O) groups is 1.